The van der Waals surface area contributed by atoms with E-state index in [9.17, 15) is 0 Å². The van der Waals surface area contributed by atoms with Gasteiger partial charge in [-0.2, -0.15) is 0 Å². The van der Waals surface area contributed by atoms with Gasteiger partial charge in [0.15, 0.2) is 0 Å². The second-order valence-corrected chi connectivity index (χ2v) is 2.32. The third-order valence-corrected chi connectivity index (χ3v) is 1.33. The van der Waals surface area contributed by atoms with Crippen LogP contribution < -0.4 is 10.9 Å². The van der Waals surface area contributed by atoms with E-state index in [0.29, 0.717) is 0 Å². The largest absolute Gasteiger partial charge is 0.322 e. The number of nitrogens with one attached hydrogen (secondary N) is 2. The third kappa shape index (κ3) is 3.46. The van der Waals surface area contributed by atoms with Gasteiger partial charge in [0, 0.05) is 12.1 Å². The lowest BCUT2D eigenvalue weighted by Gasteiger charge is -2.02. The highest BCUT2D eigenvalue weighted by molar-refractivity contribution is 6.30. The number of benzene rings is 1. The molecular formula is C7H10Cl2N2. The lowest BCUT2D eigenvalue weighted by molar-refractivity contribution is 0.984. The summed E-state index contributed by atoms with van der Waals surface area (Å²) >= 11 is 5.71. The maximum Gasteiger partial charge on any atom is 0.0502 e. The number of hydrazine groups is 1. The Labute approximate surface area is 77.3 Å². The minimum absolute atomic E-state index is 0. The Morgan fingerprint density at radius 2 is 2.09 bits per heavy atom. The monoisotopic (exact) mass is 192 g/mol. The number of rotatable bonds is 2. The van der Waals surface area contributed by atoms with Crippen molar-refractivity contribution in [1.82, 2.24) is 5.43 Å². The molecular weight excluding hydrogens is 183 g/mol. The zero-order chi connectivity index (χ0) is 7.40. The van der Waals surface area contributed by atoms with Crippen molar-refractivity contribution < 1.29 is 0 Å². The summed E-state index contributed by atoms with van der Waals surface area (Å²) in [6.07, 6.45) is 0. The van der Waals surface area contributed by atoms with E-state index in [1.165, 1.54) is 0 Å². The molecule has 62 valence electrons. The molecule has 1 rings (SSSR count). The molecule has 0 amide bonds. The first-order valence-corrected chi connectivity index (χ1v) is 3.39. The van der Waals surface area contributed by atoms with Gasteiger partial charge in [-0.15, -0.1) is 12.4 Å². The maximum absolute atomic E-state index is 5.71. The van der Waals surface area contributed by atoms with Crippen LogP contribution in [0, 0.1) is 0 Å². The summed E-state index contributed by atoms with van der Waals surface area (Å²) in [6, 6.07) is 7.50. The van der Waals surface area contributed by atoms with Crippen molar-refractivity contribution in [3.05, 3.63) is 29.3 Å². The Kier molecular flexibility index (Phi) is 5.03. The quantitative estimate of drug-likeness (QED) is 0.704. The fourth-order valence-corrected chi connectivity index (χ4v) is 0.901. The average molecular weight is 193 g/mol. The number of anilines is 1. The van der Waals surface area contributed by atoms with Crippen molar-refractivity contribution in [3.63, 3.8) is 0 Å². The van der Waals surface area contributed by atoms with Gasteiger partial charge in [-0.1, -0.05) is 17.7 Å². The van der Waals surface area contributed by atoms with Crippen LogP contribution in [0.3, 0.4) is 0 Å². The zero-order valence-electron chi connectivity index (χ0n) is 6.10. The summed E-state index contributed by atoms with van der Waals surface area (Å²) in [6.45, 7) is 0. The summed E-state index contributed by atoms with van der Waals surface area (Å²) in [7, 11) is 1.81. The highest BCUT2D eigenvalue weighted by Crippen LogP contribution is 2.13. The summed E-state index contributed by atoms with van der Waals surface area (Å²) in [5, 5.41) is 0.736. The molecule has 1 aromatic rings. The number of halogens is 2. The molecule has 2 N–H and O–H groups in total. The molecule has 0 aliphatic heterocycles. The van der Waals surface area contributed by atoms with Crippen molar-refractivity contribution in [2.24, 2.45) is 0 Å². The van der Waals surface area contributed by atoms with E-state index in [1.807, 2.05) is 24.3 Å². The molecule has 11 heavy (non-hydrogen) atoms. The van der Waals surface area contributed by atoms with E-state index in [4.69, 9.17) is 11.6 Å². The first-order valence-electron chi connectivity index (χ1n) is 3.01. The van der Waals surface area contributed by atoms with Crippen LogP contribution in [-0.4, -0.2) is 7.05 Å². The van der Waals surface area contributed by atoms with E-state index >= 15 is 0 Å². The van der Waals surface area contributed by atoms with Crippen LogP contribution in [-0.2, 0) is 0 Å². The molecule has 1 aromatic carbocycles. The second kappa shape index (κ2) is 5.24. The fourth-order valence-electron chi connectivity index (χ4n) is 0.711. The van der Waals surface area contributed by atoms with Crippen molar-refractivity contribution in [2.75, 3.05) is 12.5 Å². The van der Waals surface area contributed by atoms with Gasteiger partial charge in [0.1, 0.15) is 0 Å². The molecule has 4 heteroatoms. The predicted molar refractivity (Wildman–Crippen MR) is 51.4 cm³/mol. The predicted octanol–water partition coefficient (Wildman–Crippen LogP) is 2.31. The van der Waals surface area contributed by atoms with Crippen LogP contribution in [0.1, 0.15) is 0 Å². The minimum Gasteiger partial charge on any atom is -0.322 e. The molecule has 2 nitrogen and oxygen atoms in total. The van der Waals surface area contributed by atoms with E-state index in [2.05, 4.69) is 10.9 Å². The van der Waals surface area contributed by atoms with Crippen LogP contribution >= 0.6 is 24.0 Å². The third-order valence-electron chi connectivity index (χ3n) is 1.09. The molecule has 0 radical (unpaired) electrons. The van der Waals surface area contributed by atoms with Gasteiger partial charge in [0.05, 0.1) is 5.69 Å². The van der Waals surface area contributed by atoms with E-state index in [-0.39, 0.29) is 12.4 Å². The van der Waals surface area contributed by atoms with Gasteiger partial charge >= 0.3 is 0 Å². The summed E-state index contributed by atoms with van der Waals surface area (Å²) in [5.41, 5.74) is 6.68. The van der Waals surface area contributed by atoms with Crippen molar-refractivity contribution in [2.45, 2.75) is 0 Å². The molecule has 0 aromatic heterocycles. The summed E-state index contributed by atoms with van der Waals surface area (Å²) in [5.74, 6) is 0. The first kappa shape index (κ1) is 10.6. The molecule has 0 unspecified atom stereocenters. The number of hydrogen-bond acceptors (Lipinski definition) is 2. The molecule has 0 atom stereocenters. The van der Waals surface area contributed by atoms with Crippen molar-refractivity contribution >= 4 is 29.7 Å². The van der Waals surface area contributed by atoms with Crippen LogP contribution in [0.5, 0.6) is 0 Å². The molecule has 0 saturated heterocycles. The Bertz CT molecular complexity index is 215. The topological polar surface area (TPSA) is 24.1 Å². The van der Waals surface area contributed by atoms with Crippen LogP contribution in [0.2, 0.25) is 5.02 Å². The van der Waals surface area contributed by atoms with E-state index in [1.54, 1.807) is 7.05 Å². The van der Waals surface area contributed by atoms with E-state index in [0.717, 1.165) is 10.7 Å². The highest BCUT2D eigenvalue weighted by atomic mass is 35.5. The van der Waals surface area contributed by atoms with Crippen molar-refractivity contribution in [1.29, 1.82) is 0 Å². The molecule has 0 aliphatic rings. The molecule has 0 heterocycles. The molecule has 0 bridgehead atoms. The molecule has 0 spiro atoms. The lowest BCUT2D eigenvalue weighted by Crippen LogP contribution is -2.14. The Balaban J connectivity index is 0.000001000. The molecule has 0 aliphatic carbocycles. The molecule has 0 saturated carbocycles. The Hall–Kier alpha value is -0.440. The van der Waals surface area contributed by atoms with Crippen LogP contribution in [0.4, 0.5) is 5.69 Å². The van der Waals surface area contributed by atoms with Crippen molar-refractivity contribution in [3.8, 4) is 0 Å². The van der Waals surface area contributed by atoms with Gasteiger partial charge in [0.25, 0.3) is 0 Å². The second-order valence-electron chi connectivity index (χ2n) is 1.89. The van der Waals surface area contributed by atoms with Crippen LogP contribution in [0.15, 0.2) is 24.3 Å². The van der Waals surface area contributed by atoms with Gasteiger partial charge in [-0.25, -0.2) is 5.43 Å². The van der Waals surface area contributed by atoms with Gasteiger partial charge in [0.2, 0.25) is 0 Å². The zero-order valence-corrected chi connectivity index (χ0v) is 7.67. The van der Waals surface area contributed by atoms with Gasteiger partial charge in [-0.3, -0.25) is 0 Å². The maximum atomic E-state index is 5.71. The fraction of sp³-hybridized carbons (Fsp3) is 0.143. The summed E-state index contributed by atoms with van der Waals surface area (Å²) < 4.78 is 0. The Morgan fingerprint density at radius 3 is 2.64 bits per heavy atom. The SMILES string of the molecule is CNNc1cccc(Cl)c1.Cl. The Morgan fingerprint density at radius 1 is 1.36 bits per heavy atom. The lowest BCUT2D eigenvalue weighted by atomic mass is 10.3. The number of hydrogen-bond donors (Lipinski definition) is 2. The van der Waals surface area contributed by atoms with Gasteiger partial charge in [-0.05, 0) is 18.2 Å². The van der Waals surface area contributed by atoms with Gasteiger partial charge < -0.3 is 5.43 Å². The summed E-state index contributed by atoms with van der Waals surface area (Å²) in [4.78, 5) is 0. The normalized spacial score (nSPS) is 8.55. The smallest absolute Gasteiger partial charge is 0.0502 e. The molecule has 0 fully saturated rings. The first-order chi connectivity index (χ1) is 4.83. The standard InChI is InChI=1S/C7H9ClN2.ClH/c1-9-10-7-4-2-3-6(8)5-7;/h2-5,9-10H,1H3;1H. The minimum atomic E-state index is 0. The van der Waals surface area contributed by atoms with Crippen LogP contribution in [0.25, 0.3) is 0 Å². The van der Waals surface area contributed by atoms with E-state index < -0.39 is 0 Å². The highest BCUT2D eigenvalue weighted by Gasteiger charge is 1.88. The average Bonchev–Trinajstić information content (AvgIpc) is 1.88.